The van der Waals surface area contributed by atoms with Crippen LogP contribution in [0.1, 0.15) is 29.7 Å². The van der Waals surface area contributed by atoms with E-state index in [1.807, 2.05) is 12.1 Å². The van der Waals surface area contributed by atoms with E-state index in [-0.39, 0.29) is 6.04 Å². The molecule has 2 aliphatic heterocycles. The van der Waals surface area contributed by atoms with Crippen LogP contribution >= 0.6 is 0 Å². The van der Waals surface area contributed by atoms with Crippen LogP contribution in [0.3, 0.4) is 0 Å². The molecule has 0 unspecified atom stereocenters. The zero-order chi connectivity index (χ0) is 14.2. The first-order valence-electron chi connectivity index (χ1n) is 7.15. The number of ether oxygens (including phenoxy) is 3. The number of rotatable bonds is 3. The standard InChI is InChI=1S/C17H17NO3/c1-11(12-3-5-16-17(7-12)21-10-20-16)18-15-4-2-13-8-19-9-14(13)6-15/h2-7,11,18H,8-10H2,1H3/t11-/m0/s1. The fourth-order valence-electron chi connectivity index (χ4n) is 2.78. The minimum atomic E-state index is 0.194. The van der Waals surface area contributed by atoms with Gasteiger partial charge < -0.3 is 19.5 Å². The molecule has 2 heterocycles. The van der Waals surface area contributed by atoms with E-state index in [2.05, 4.69) is 36.5 Å². The maximum atomic E-state index is 5.45. The molecule has 21 heavy (non-hydrogen) atoms. The number of nitrogens with one attached hydrogen (secondary N) is 1. The lowest BCUT2D eigenvalue weighted by atomic mass is 10.1. The molecule has 0 saturated carbocycles. The molecule has 2 aromatic carbocycles. The summed E-state index contributed by atoms with van der Waals surface area (Å²) >= 11 is 0. The van der Waals surface area contributed by atoms with Gasteiger partial charge >= 0.3 is 0 Å². The van der Waals surface area contributed by atoms with Gasteiger partial charge in [-0.15, -0.1) is 0 Å². The predicted molar refractivity (Wildman–Crippen MR) is 79.5 cm³/mol. The van der Waals surface area contributed by atoms with Crippen molar-refractivity contribution in [3.63, 3.8) is 0 Å². The molecule has 0 spiro atoms. The van der Waals surface area contributed by atoms with Gasteiger partial charge in [-0.05, 0) is 47.9 Å². The second-order valence-electron chi connectivity index (χ2n) is 5.46. The van der Waals surface area contributed by atoms with E-state index in [1.54, 1.807) is 0 Å². The maximum absolute atomic E-state index is 5.45. The van der Waals surface area contributed by atoms with Crippen LogP contribution in [0.2, 0.25) is 0 Å². The highest BCUT2D eigenvalue weighted by molar-refractivity contribution is 5.52. The first-order chi connectivity index (χ1) is 10.3. The molecule has 1 atom stereocenters. The smallest absolute Gasteiger partial charge is 0.231 e. The molecule has 0 amide bonds. The predicted octanol–water partition coefficient (Wildman–Crippen LogP) is 3.62. The summed E-state index contributed by atoms with van der Waals surface area (Å²) in [6.07, 6.45) is 0. The molecular weight excluding hydrogens is 266 g/mol. The molecule has 4 nitrogen and oxygen atoms in total. The van der Waals surface area contributed by atoms with Gasteiger partial charge in [0, 0.05) is 11.7 Å². The molecule has 0 aromatic heterocycles. The molecule has 2 aliphatic rings. The highest BCUT2D eigenvalue weighted by Crippen LogP contribution is 2.35. The summed E-state index contributed by atoms with van der Waals surface area (Å²) in [5.74, 6) is 1.64. The average Bonchev–Trinajstić information content (AvgIpc) is 3.14. The Morgan fingerprint density at radius 3 is 2.76 bits per heavy atom. The van der Waals surface area contributed by atoms with Crippen LogP contribution in [0.4, 0.5) is 5.69 Å². The second-order valence-corrected chi connectivity index (χ2v) is 5.46. The van der Waals surface area contributed by atoms with Crippen LogP contribution in [-0.4, -0.2) is 6.79 Å². The van der Waals surface area contributed by atoms with Gasteiger partial charge in [-0.3, -0.25) is 0 Å². The van der Waals surface area contributed by atoms with Crippen LogP contribution in [0.15, 0.2) is 36.4 Å². The lowest BCUT2D eigenvalue weighted by Crippen LogP contribution is -2.06. The molecule has 0 radical (unpaired) electrons. The van der Waals surface area contributed by atoms with E-state index < -0.39 is 0 Å². The number of anilines is 1. The Kier molecular flexibility index (Phi) is 2.97. The zero-order valence-electron chi connectivity index (χ0n) is 11.9. The molecule has 4 rings (SSSR count). The maximum Gasteiger partial charge on any atom is 0.231 e. The minimum Gasteiger partial charge on any atom is -0.454 e. The lowest BCUT2D eigenvalue weighted by molar-refractivity contribution is 0.134. The lowest BCUT2D eigenvalue weighted by Gasteiger charge is -2.16. The second kappa shape index (κ2) is 4.97. The highest BCUT2D eigenvalue weighted by Gasteiger charge is 2.16. The third kappa shape index (κ3) is 2.32. The Morgan fingerprint density at radius 2 is 1.81 bits per heavy atom. The van der Waals surface area contributed by atoms with E-state index in [0.29, 0.717) is 13.4 Å². The fraction of sp³-hybridized carbons (Fsp3) is 0.294. The largest absolute Gasteiger partial charge is 0.454 e. The van der Waals surface area contributed by atoms with Crippen molar-refractivity contribution in [3.05, 3.63) is 53.1 Å². The molecule has 0 aliphatic carbocycles. The van der Waals surface area contributed by atoms with Crippen LogP contribution in [0.5, 0.6) is 11.5 Å². The highest BCUT2D eigenvalue weighted by atomic mass is 16.7. The zero-order valence-corrected chi connectivity index (χ0v) is 11.9. The Morgan fingerprint density at radius 1 is 0.952 bits per heavy atom. The van der Waals surface area contributed by atoms with Crippen molar-refractivity contribution in [2.24, 2.45) is 0 Å². The summed E-state index contributed by atoms with van der Waals surface area (Å²) in [4.78, 5) is 0. The van der Waals surface area contributed by atoms with E-state index >= 15 is 0 Å². The summed E-state index contributed by atoms with van der Waals surface area (Å²) in [5.41, 5.74) is 4.86. The molecule has 0 saturated heterocycles. The van der Waals surface area contributed by atoms with Crippen molar-refractivity contribution in [3.8, 4) is 11.5 Å². The van der Waals surface area contributed by atoms with Crippen molar-refractivity contribution in [2.45, 2.75) is 26.2 Å². The van der Waals surface area contributed by atoms with Gasteiger partial charge in [0.25, 0.3) is 0 Å². The summed E-state index contributed by atoms with van der Waals surface area (Å²) in [5, 5.41) is 3.53. The third-order valence-corrected chi connectivity index (χ3v) is 4.00. The monoisotopic (exact) mass is 283 g/mol. The number of fused-ring (bicyclic) bond motifs is 2. The van der Waals surface area contributed by atoms with Crippen molar-refractivity contribution in [2.75, 3.05) is 12.1 Å². The summed E-state index contributed by atoms with van der Waals surface area (Å²) in [7, 11) is 0. The van der Waals surface area contributed by atoms with E-state index in [1.165, 1.54) is 16.7 Å². The van der Waals surface area contributed by atoms with E-state index in [4.69, 9.17) is 14.2 Å². The Balaban J connectivity index is 1.54. The van der Waals surface area contributed by atoms with Gasteiger partial charge in [0.05, 0.1) is 13.2 Å². The van der Waals surface area contributed by atoms with Crippen molar-refractivity contribution >= 4 is 5.69 Å². The number of hydrogen-bond acceptors (Lipinski definition) is 4. The Hall–Kier alpha value is -2.20. The SMILES string of the molecule is C[C@H](Nc1ccc2c(c1)COC2)c1ccc2c(c1)OCO2. The van der Waals surface area contributed by atoms with Gasteiger partial charge in [-0.1, -0.05) is 12.1 Å². The Labute approximate surface area is 123 Å². The van der Waals surface area contributed by atoms with Crippen LogP contribution in [-0.2, 0) is 18.0 Å². The normalized spacial score (nSPS) is 16.6. The topological polar surface area (TPSA) is 39.7 Å². The van der Waals surface area contributed by atoms with E-state index in [9.17, 15) is 0 Å². The summed E-state index contributed by atoms with van der Waals surface area (Å²) < 4.78 is 16.2. The molecule has 4 heteroatoms. The first-order valence-corrected chi connectivity index (χ1v) is 7.15. The van der Waals surface area contributed by atoms with Crippen molar-refractivity contribution in [1.29, 1.82) is 0 Å². The molecule has 1 N–H and O–H groups in total. The number of hydrogen-bond donors (Lipinski definition) is 1. The Bertz CT molecular complexity index is 684. The molecular formula is C17H17NO3. The summed E-state index contributed by atoms with van der Waals surface area (Å²) in [6.45, 7) is 3.89. The minimum absolute atomic E-state index is 0.194. The van der Waals surface area contributed by atoms with Crippen molar-refractivity contribution in [1.82, 2.24) is 0 Å². The molecule has 108 valence electrons. The van der Waals surface area contributed by atoms with Gasteiger partial charge in [0.2, 0.25) is 6.79 Å². The summed E-state index contributed by atoms with van der Waals surface area (Å²) in [6, 6.07) is 12.7. The quantitative estimate of drug-likeness (QED) is 0.934. The third-order valence-electron chi connectivity index (χ3n) is 4.00. The van der Waals surface area contributed by atoms with Crippen LogP contribution in [0, 0.1) is 0 Å². The van der Waals surface area contributed by atoms with Crippen molar-refractivity contribution < 1.29 is 14.2 Å². The van der Waals surface area contributed by atoms with Crippen LogP contribution in [0.25, 0.3) is 0 Å². The van der Waals surface area contributed by atoms with Crippen LogP contribution < -0.4 is 14.8 Å². The molecule has 2 aromatic rings. The molecule has 0 bridgehead atoms. The van der Waals surface area contributed by atoms with Gasteiger partial charge in [0.1, 0.15) is 0 Å². The van der Waals surface area contributed by atoms with Gasteiger partial charge in [-0.25, -0.2) is 0 Å². The van der Waals surface area contributed by atoms with Gasteiger partial charge in [0.15, 0.2) is 11.5 Å². The molecule has 0 fully saturated rings. The first kappa shape index (κ1) is 12.5. The average molecular weight is 283 g/mol. The fourth-order valence-corrected chi connectivity index (χ4v) is 2.78. The van der Waals surface area contributed by atoms with Gasteiger partial charge in [-0.2, -0.15) is 0 Å². The number of benzene rings is 2. The van der Waals surface area contributed by atoms with E-state index in [0.717, 1.165) is 23.8 Å².